The van der Waals surface area contributed by atoms with E-state index in [0.717, 1.165) is 31.1 Å². The van der Waals surface area contributed by atoms with E-state index in [-0.39, 0.29) is 0 Å². The molecule has 1 aliphatic carbocycles. The predicted molar refractivity (Wildman–Crippen MR) is 87.5 cm³/mol. The minimum atomic E-state index is 0.751. The third kappa shape index (κ3) is 3.92. The van der Waals surface area contributed by atoms with Gasteiger partial charge in [-0.2, -0.15) is 0 Å². The van der Waals surface area contributed by atoms with Gasteiger partial charge in [0.15, 0.2) is 0 Å². The molecule has 21 heavy (non-hydrogen) atoms. The van der Waals surface area contributed by atoms with E-state index >= 15 is 0 Å². The van der Waals surface area contributed by atoms with Gasteiger partial charge in [0.1, 0.15) is 0 Å². The molecular weight excluding hydrogens is 256 g/mol. The normalized spacial score (nSPS) is 14.4. The van der Waals surface area contributed by atoms with Crippen LogP contribution >= 0.6 is 0 Å². The number of hydrogen-bond acceptors (Lipinski definition) is 2. The molecule has 2 aromatic rings. The molecule has 1 N–H and O–H groups in total. The van der Waals surface area contributed by atoms with Crippen LogP contribution in [0.2, 0.25) is 0 Å². The highest BCUT2D eigenvalue weighted by molar-refractivity contribution is 5.34. The fourth-order valence-corrected chi connectivity index (χ4v) is 2.60. The van der Waals surface area contributed by atoms with Gasteiger partial charge in [0.25, 0.3) is 0 Å². The Morgan fingerprint density at radius 2 is 2.00 bits per heavy atom. The number of benzene rings is 1. The highest BCUT2D eigenvalue weighted by Gasteiger charge is 2.20. The van der Waals surface area contributed by atoms with Crippen LogP contribution in [-0.4, -0.2) is 11.0 Å². The van der Waals surface area contributed by atoms with Crippen LogP contribution in [0.3, 0.4) is 0 Å². The minimum Gasteiger partial charge on any atom is -0.310 e. The molecule has 0 radical (unpaired) electrons. The molecular formula is C19H24N2. The Balaban J connectivity index is 1.76. The van der Waals surface area contributed by atoms with Gasteiger partial charge < -0.3 is 5.32 Å². The Hall–Kier alpha value is -1.67. The second kappa shape index (κ2) is 6.40. The van der Waals surface area contributed by atoms with Crippen molar-refractivity contribution < 1.29 is 0 Å². The van der Waals surface area contributed by atoms with Crippen LogP contribution in [0.25, 0.3) is 0 Å². The van der Waals surface area contributed by atoms with Crippen molar-refractivity contribution in [3.05, 3.63) is 64.5 Å². The standard InChI is InChI=1S/C19H24N2/c1-3-15-5-7-19(20-12-15)11-17-10-14(2)4-6-16(17)13-21-18-8-9-18/h4-7,10,12,18,21H,3,8-9,11,13H2,1-2H3. The number of aromatic nitrogens is 1. The van der Waals surface area contributed by atoms with Crippen molar-refractivity contribution in [3.63, 3.8) is 0 Å². The monoisotopic (exact) mass is 280 g/mol. The van der Waals surface area contributed by atoms with Gasteiger partial charge in [-0.1, -0.05) is 36.8 Å². The first kappa shape index (κ1) is 14.3. The fourth-order valence-electron chi connectivity index (χ4n) is 2.60. The van der Waals surface area contributed by atoms with Gasteiger partial charge in [-0.15, -0.1) is 0 Å². The molecule has 0 saturated heterocycles. The van der Waals surface area contributed by atoms with Crippen LogP contribution in [0.15, 0.2) is 36.5 Å². The topological polar surface area (TPSA) is 24.9 Å². The summed E-state index contributed by atoms with van der Waals surface area (Å²) >= 11 is 0. The van der Waals surface area contributed by atoms with Gasteiger partial charge in [-0.05, 0) is 48.9 Å². The molecule has 0 spiro atoms. The van der Waals surface area contributed by atoms with Crippen molar-refractivity contribution in [1.82, 2.24) is 10.3 Å². The minimum absolute atomic E-state index is 0.751. The summed E-state index contributed by atoms with van der Waals surface area (Å²) in [7, 11) is 0. The Kier molecular flexibility index (Phi) is 4.35. The van der Waals surface area contributed by atoms with Gasteiger partial charge >= 0.3 is 0 Å². The quantitative estimate of drug-likeness (QED) is 0.870. The van der Waals surface area contributed by atoms with Crippen molar-refractivity contribution in [2.45, 2.75) is 52.1 Å². The van der Waals surface area contributed by atoms with Gasteiger partial charge in [-0.25, -0.2) is 0 Å². The van der Waals surface area contributed by atoms with Crippen LogP contribution < -0.4 is 5.32 Å². The number of rotatable bonds is 6. The molecule has 1 saturated carbocycles. The zero-order valence-corrected chi connectivity index (χ0v) is 13.0. The van der Waals surface area contributed by atoms with Crippen molar-refractivity contribution in [1.29, 1.82) is 0 Å². The lowest BCUT2D eigenvalue weighted by Crippen LogP contribution is -2.16. The summed E-state index contributed by atoms with van der Waals surface area (Å²) in [5, 5.41) is 3.62. The molecule has 0 amide bonds. The first-order valence-electron chi connectivity index (χ1n) is 8.00. The highest BCUT2D eigenvalue weighted by Crippen LogP contribution is 2.21. The van der Waals surface area contributed by atoms with Crippen molar-refractivity contribution in [3.8, 4) is 0 Å². The average Bonchev–Trinajstić information content (AvgIpc) is 3.31. The van der Waals surface area contributed by atoms with Gasteiger partial charge in [-0.3, -0.25) is 4.98 Å². The van der Waals surface area contributed by atoms with Crippen LogP contribution in [0.1, 0.15) is 47.7 Å². The van der Waals surface area contributed by atoms with Crippen molar-refractivity contribution >= 4 is 0 Å². The fraction of sp³-hybridized carbons (Fsp3) is 0.421. The molecule has 110 valence electrons. The zero-order valence-electron chi connectivity index (χ0n) is 13.0. The number of nitrogens with one attached hydrogen (secondary N) is 1. The third-order valence-corrected chi connectivity index (χ3v) is 4.19. The Bertz CT molecular complexity index is 597. The van der Waals surface area contributed by atoms with E-state index in [1.165, 1.54) is 35.1 Å². The summed E-state index contributed by atoms with van der Waals surface area (Å²) < 4.78 is 0. The second-order valence-electron chi connectivity index (χ2n) is 6.12. The lowest BCUT2D eigenvalue weighted by Gasteiger charge is -2.12. The maximum Gasteiger partial charge on any atom is 0.0447 e. The average molecular weight is 280 g/mol. The summed E-state index contributed by atoms with van der Waals surface area (Å²) in [5.41, 5.74) is 6.60. The van der Waals surface area contributed by atoms with E-state index in [2.05, 4.69) is 54.5 Å². The lowest BCUT2D eigenvalue weighted by atomic mass is 9.99. The van der Waals surface area contributed by atoms with Crippen LogP contribution in [0, 0.1) is 6.92 Å². The van der Waals surface area contributed by atoms with E-state index in [0.29, 0.717) is 0 Å². The molecule has 3 rings (SSSR count). The largest absolute Gasteiger partial charge is 0.310 e. The molecule has 0 aliphatic heterocycles. The molecule has 0 unspecified atom stereocenters. The zero-order chi connectivity index (χ0) is 14.7. The molecule has 0 atom stereocenters. The number of nitrogens with zero attached hydrogens (tertiary/aromatic N) is 1. The van der Waals surface area contributed by atoms with Gasteiger partial charge in [0, 0.05) is 30.9 Å². The molecule has 2 heteroatoms. The van der Waals surface area contributed by atoms with E-state index in [1.807, 2.05) is 6.20 Å². The number of hydrogen-bond donors (Lipinski definition) is 1. The van der Waals surface area contributed by atoms with Crippen LogP contribution in [0.5, 0.6) is 0 Å². The first-order chi connectivity index (χ1) is 10.2. The van der Waals surface area contributed by atoms with E-state index in [1.54, 1.807) is 0 Å². The van der Waals surface area contributed by atoms with Crippen LogP contribution in [-0.2, 0) is 19.4 Å². The SMILES string of the molecule is CCc1ccc(Cc2cc(C)ccc2CNC2CC2)nc1. The summed E-state index contributed by atoms with van der Waals surface area (Å²) in [6, 6.07) is 11.9. The van der Waals surface area contributed by atoms with E-state index in [9.17, 15) is 0 Å². The maximum atomic E-state index is 4.60. The molecule has 1 aliphatic rings. The van der Waals surface area contributed by atoms with Crippen molar-refractivity contribution in [2.75, 3.05) is 0 Å². The summed E-state index contributed by atoms with van der Waals surface area (Å²) in [4.78, 5) is 4.60. The molecule has 1 heterocycles. The van der Waals surface area contributed by atoms with Crippen LogP contribution in [0.4, 0.5) is 0 Å². The third-order valence-electron chi connectivity index (χ3n) is 4.19. The number of pyridine rings is 1. The van der Waals surface area contributed by atoms with E-state index in [4.69, 9.17) is 0 Å². The lowest BCUT2D eigenvalue weighted by molar-refractivity contribution is 0.683. The Morgan fingerprint density at radius 3 is 2.67 bits per heavy atom. The molecule has 2 nitrogen and oxygen atoms in total. The molecule has 1 aromatic carbocycles. The summed E-state index contributed by atoms with van der Waals surface area (Å²) in [6.45, 7) is 5.31. The van der Waals surface area contributed by atoms with Crippen molar-refractivity contribution in [2.24, 2.45) is 0 Å². The Morgan fingerprint density at radius 1 is 1.14 bits per heavy atom. The summed E-state index contributed by atoms with van der Waals surface area (Å²) in [5.74, 6) is 0. The Labute approximate surface area is 127 Å². The maximum absolute atomic E-state index is 4.60. The number of aryl methyl sites for hydroxylation is 2. The molecule has 0 bridgehead atoms. The molecule has 1 fully saturated rings. The highest BCUT2D eigenvalue weighted by atomic mass is 14.9. The second-order valence-corrected chi connectivity index (χ2v) is 6.12. The summed E-state index contributed by atoms with van der Waals surface area (Å²) in [6.07, 6.45) is 6.65. The molecule has 1 aromatic heterocycles. The van der Waals surface area contributed by atoms with E-state index < -0.39 is 0 Å². The predicted octanol–water partition coefficient (Wildman–Crippen LogP) is 3.80. The van der Waals surface area contributed by atoms with Gasteiger partial charge in [0.2, 0.25) is 0 Å². The smallest absolute Gasteiger partial charge is 0.0447 e. The first-order valence-corrected chi connectivity index (χ1v) is 8.00. The van der Waals surface area contributed by atoms with Gasteiger partial charge in [0.05, 0.1) is 0 Å².